The molecule has 2 heterocycles. The first kappa shape index (κ1) is 30.9. The number of hydrogen-bond donors (Lipinski definition) is 1. The maximum Gasteiger partial charge on any atom is 0.0187 e. The van der Waals surface area contributed by atoms with Crippen molar-refractivity contribution in [3.8, 4) is 11.1 Å². The zero-order valence-electron chi connectivity index (χ0n) is 26.7. The summed E-state index contributed by atoms with van der Waals surface area (Å²) in [5.74, 6) is 1.35. The van der Waals surface area contributed by atoms with Gasteiger partial charge in [0.05, 0.1) is 0 Å². The van der Waals surface area contributed by atoms with Gasteiger partial charge < -0.3 is 5.32 Å². The molecular weight excluding hydrogens is 460 g/mol. The van der Waals surface area contributed by atoms with Gasteiger partial charge in [0.1, 0.15) is 0 Å². The molecule has 0 radical (unpaired) electrons. The highest BCUT2D eigenvalue weighted by molar-refractivity contribution is 5.64. The Morgan fingerprint density at radius 1 is 0.684 bits per heavy atom. The minimum Gasteiger partial charge on any atom is -0.307 e. The number of hydrogen-bond acceptors (Lipinski definition) is 2. The lowest BCUT2D eigenvalue weighted by Crippen LogP contribution is -2.47. The molecule has 2 nitrogen and oxygen atoms in total. The molecule has 2 aromatic carbocycles. The van der Waals surface area contributed by atoms with Crippen molar-refractivity contribution in [1.29, 1.82) is 0 Å². The Balaban J connectivity index is 0.000000732. The van der Waals surface area contributed by atoms with E-state index in [-0.39, 0.29) is 22.2 Å². The maximum absolute atomic E-state index is 3.82. The van der Waals surface area contributed by atoms with Crippen LogP contribution in [-0.4, -0.2) is 34.1 Å². The molecule has 2 aliphatic heterocycles. The second-order valence-electron chi connectivity index (χ2n) is 14.7. The number of benzene rings is 2. The lowest BCUT2D eigenvalue weighted by Gasteiger charge is -2.38. The van der Waals surface area contributed by atoms with Crippen molar-refractivity contribution in [2.75, 3.05) is 7.05 Å². The van der Waals surface area contributed by atoms with Crippen LogP contribution in [0.25, 0.3) is 11.1 Å². The van der Waals surface area contributed by atoms with Crippen LogP contribution in [0.15, 0.2) is 48.5 Å². The van der Waals surface area contributed by atoms with Crippen molar-refractivity contribution in [3.63, 3.8) is 0 Å². The summed E-state index contributed by atoms with van der Waals surface area (Å²) in [5.41, 5.74) is 6.46. The van der Waals surface area contributed by atoms with Crippen LogP contribution < -0.4 is 5.32 Å². The molecule has 4 rings (SSSR count). The predicted octanol–water partition coefficient (Wildman–Crippen LogP) is 9.31. The lowest BCUT2D eigenvalue weighted by atomic mass is 9.82. The SMILES string of the molecule is CCCCC.CN1C(C)(C)CC(Cc2ccc(-c3ccc(CC4CC(C)(C)NC4(C)C)cc3)cc2)C1(C)C. The van der Waals surface area contributed by atoms with Gasteiger partial charge in [-0.1, -0.05) is 81.6 Å². The number of nitrogens with zero attached hydrogens (tertiary/aromatic N) is 1. The first-order valence-corrected chi connectivity index (χ1v) is 15.3. The van der Waals surface area contributed by atoms with Gasteiger partial charge in [0.15, 0.2) is 0 Å². The number of rotatable bonds is 7. The molecule has 0 aliphatic carbocycles. The van der Waals surface area contributed by atoms with Gasteiger partial charge in [-0.3, -0.25) is 4.90 Å². The van der Waals surface area contributed by atoms with Crippen LogP contribution in [0.4, 0.5) is 0 Å². The third-order valence-corrected chi connectivity index (χ3v) is 9.87. The van der Waals surface area contributed by atoms with Crippen LogP contribution in [0.5, 0.6) is 0 Å². The minimum absolute atomic E-state index is 0.190. The maximum atomic E-state index is 3.82. The van der Waals surface area contributed by atoms with E-state index in [9.17, 15) is 0 Å². The van der Waals surface area contributed by atoms with Crippen molar-refractivity contribution in [3.05, 3.63) is 59.7 Å². The van der Waals surface area contributed by atoms with E-state index in [1.807, 2.05) is 0 Å². The van der Waals surface area contributed by atoms with Gasteiger partial charge in [0.25, 0.3) is 0 Å². The molecule has 2 saturated heterocycles. The quantitative estimate of drug-likeness (QED) is 0.393. The van der Waals surface area contributed by atoms with E-state index in [1.54, 1.807) is 0 Å². The van der Waals surface area contributed by atoms with Gasteiger partial charge in [0.2, 0.25) is 0 Å². The zero-order valence-corrected chi connectivity index (χ0v) is 26.7. The molecule has 0 spiro atoms. The van der Waals surface area contributed by atoms with Crippen LogP contribution in [0, 0.1) is 11.8 Å². The third kappa shape index (κ3) is 7.30. The van der Waals surface area contributed by atoms with Crippen LogP contribution in [0.1, 0.15) is 112 Å². The van der Waals surface area contributed by atoms with Gasteiger partial charge in [-0.2, -0.15) is 0 Å². The van der Waals surface area contributed by atoms with Gasteiger partial charge in [0, 0.05) is 22.2 Å². The highest BCUT2D eigenvalue weighted by atomic mass is 15.3. The van der Waals surface area contributed by atoms with E-state index in [1.165, 1.54) is 54.4 Å². The molecule has 2 aromatic rings. The molecule has 1 N–H and O–H groups in total. The fourth-order valence-electron chi connectivity index (χ4n) is 7.18. The Morgan fingerprint density at radius 2 is 1.13 bits per heavy atom. The topological polar surface area (TPSA) is 15.3 Å². The van der Waals surface area contributed by atoms with Crippen molar-refractivity contribution >= 4 is 0 Å². The molecule has 2 unspecified atom stereocenters. The average Bonchev–Trinajstić information content (AvgIpc) is 3.14. The monoisotopic (exact) mass is 518 g/mol. The summed E-state index contributed by atoms with van der Waals surface area (Å²) in [6, 6.07) is 18.6. The molecule has 212 valence electrons. The van der Waals surface area contributed by atoms with Gasteiger partial charge in [-0.15, -0.1) is 0 Å². The summed E-state index contributed by atoms with van der Waals surface area (Å²) < 4.78 is 0. The summed E-state index contributed by atoms with van der Waals surface area (Å²) in [4.78, 5) is 2.57. The van der Waals surface area contributed by atoms with Crippen molar-refractivity contribution in [2.45, 2.75) is 136 Å². The summed E-state index contributed by atoms with van der Waals surface area (Å²) in [6.07, 6.45) is 8.86. The Bertz CT molecular complexity index is 1010. The normalized spacial score (nSPS) is 25.1. The number of nitrogens with one attached hydrogen (secondary N) is 1. The van der Waals surface area contributed by atoms with E-state index < -0.39 is 0 Å². The first-order chi connectivity index (χ1) is 17.6. The van der Waals surface area contributed by atoms with E-state index in [4.69, 9.17) is 0 Å². The van der Waals surface area contributed by atoms with E-state index in [0.717, 1.165) is 12.8 Å². The molecule has 2 heteroatoms. The van der Waals surface area contributed by atoms with Crippen LogP contribution in [-0.2, 0) is 12.8 Å². The highest BCUT2D eigenvalue weighted by Crippen LogP contribution is 2.45. The van der Waals surface area contributed by atoms with Crippen molar-refractivity contribution in [2.24, 2.45) is 11.8 Å². The van der Waals surface area contributed by atoms with Gasteiger partial charge in [-0.05, 0) is 122 Å². The Morgan fingerprint density at radius 3 is 1.45 bits per heavy atom. The van der Waals surface area contributed by atoms with E-state index >= 15 is 0 Å². The second kappa shape index (κ2) is 11.8. The molecular formula is C36H58N2. The predicted molar refractivity (Wildman–Crippen MR) is 168 cm³/mol. The summed E-state index contributed by atoms with van der Waals surface area (Å²) in [6.45, 7) is 23.4. The zero-order chi connectivity index (χ0) is 28.4. The number of likely N-dealkylation sites (tertiary alicyclic amines) is 1. The lowest BCUT2D eigenvalue weighted by molar-refractivity contribution is 0.0999. The minimum atomic E-state index is 0.190. The van der Waals surface area contributed by atoms with Crippen LogP contribution in [0.2, 0.25) is 0 Å². The molecule has 0 aromatic heterocycles. The molecule has 38 heavy (non-hydrogen) atoms. The van der Waals surface area contributed by atoms with E-state index in [2.05, 4.69) is 135 Å². The van der Waals surface area contributed by atoms with Gasteiger partial charge in [-0.25, -0.2) is 0 Å². The van der Waals surface area contributed by atoms with Crippen molar-refractivity contribution < 1.29 is 0 Å². The highest BCUT2D eigenvalue weighted by Gasteiger charge is 2.48. The van der Waals surface area contributed by atoms with Crippen LogP contribution >= 0.6 is 0 Å². The fraction of sp³-hybridized carbons (Fsp3) is 0.667. The summed E-state index contributed by atoms with van der Waals surface area (Å²) in [5, 5.41) is 3.82. The average molecular weight is 519 g/mol. The Hall–Kier alpha value is -1.64. The number of unbranched alkanes of at least 4 members (excludes halogenated alkanes) is 2. The summed E-state index contributed by atoms with van der Waals surface area (Å²) in [7, 11) is 2.29. The largest absolute Gasteiger partial charge is 0.307 e. The molecule has 0 saturated carbocycles. The molecule has 2 atom stereocenters. The molecule has 2 aliphatic rings. The Kier molecular flexibility index (Phi) is 9.63. The van der Waals surface area contributed by atoms with Crippen molar-refractivity contribution in [1.82, 2.24) is 10.2 Å². The smallest absolute Gasteiger partial charge is 0.0187 e. The summed E-state index contributed by atoms with van der Waals surface area (Å²) >= 11 is 0. The van der Waals surface area contributed by atoms with E-state index in [0.29, 0.717) is 11.8 Å². The third-order valence-electron chi connectivity index (χ3n) is 9.87. The standard InChI is InChI=1S/C31H46N2.C5H12/c1-28(2)20-26(30(5,6)32-28)18-22-10-14-24(15-11-22)25-16-12-23(13-17-25)19-27-21-29(3,4)33(9)31(27,7)8;1-3-5-4-2/h10-17,26-27,32H,18-21H2,1-9H3;3-5H2,1-2H3. The second-order valence-corrected chi connectivity index (χ2v) is 14.7. The Labute approximate surface area is 236 Å². The van der Waals surface area contributed by atoms with Crippen LogP contribution in [0.3, 0.4) is 0 Å². The fourth-order valence-corrected chi connectivity index (χ4v) is 7.18. The first-order valence-electron chi connectivity index (χ1n) is 15.3. The van der Waals surface area contributed by atoms with Gasteiger partial charge >= 0.3 is 0 Å². The molecule has 0 bridgehead atoms. The molecule has 2 fully saturated rings. The molecule has 0 amide bonds.